The Morgan fingerprint density at radius 1 is 1.15 bits per heavy atom. The highest BCUT2D eigenvalue weighted by Crippen LogP contribution is 2.13. The number of ether oxygens (including phenoxy) is 1. The fraction of sp³-hybridized carbons (Fsp3) is 0.240. The van der Waals surface area contributed by atoms with Gasteiger partial charge < -0.3 is 9.30 Å². The second-order valence-corrected chi connectivity index (χ2v) is 9.67. The highest BCUT2D eigenvalue weighted by molar-refractivity contribution is 7.89. The topological polar surface area (TPSA) is 107 Å². The minimum atomic E-state index is -3.63. The number of allylic oxidation sites excluding steroid dienone is 1. The summed E-state index contributed by atoms with van der Waals surface area (Å²) < 4.78 is 31.4. The number of aromatic nitrogens is 2. The van der Waals surface area contributed by atoms with Crippen molar-refractivity contribution >= 4 is 27.8 Å². The van der Waals surface area contributed by atoms with Gasteiger partial charge in [-0.1, -0.05) is 42.0 Å². The van der Waals surface area contributed by atoms with Gasteiger partial charge in [0, 0.05) is 24.5 Å². The number of sulfonamides is 1. The normalized spacial score (nSPS) is 12.6. The molecular formula is C25H27N3O5S. The minimum Gasteiger partial charge on any atom is -0.364 e. The summed E-state index contributed by atoms with van der Waals surface area (Å²) in [5.74, 6) is -0.749. The molecule has 2 heterocycles. The molecule has 3 rings (SSSR count). The van der Waals surface area contributed by atoms with Crippen molar-refractivity contribution in [3.63, 3.8) is 0 Å². The predicted octanol–water partition coefficient (Wildman–Crippen LogP) is 3.12. The van der Waals surface area contributed by atoms with E-state index in [1.54, 1.807) is 12.3 Å². The lowest BCUT2D eigenvalue weighted by Gasteiger charge is -2.12. The van der Waals surface area contributed by atoms with E-state index < -0.39 is 22.0 Å². The van der Waals surface area contributed by atoms with Crippen LogP contribution >= 0.6 is 0 Å². The van der Waals surface area contributed by atoms with Crippen molar-refractivity contribution in [2.75, 3.05) is 6.26 Å². The number of hydrogen-bond donors (Lipinski definition) is 1. The summed E-state index contributed by atoms with van der Waals surface area (Å²) in [6.07, 6.45) is 7.25. The number of carbonyl (C=O) groups is 2. The molecule has 0 unspecified atom stereocenters. The number of hydrogen-bond acceptors (Lipinski definition) is 6. The first-order valence-corrected chi connectivity index (χ1v) is 12.5. The van der Waals surface area contributed by atoms with Gasteiger partial charge in [-0.3, -0.25) is 19.3 Å². The maximum Gasteiger partial charge on any atom is 0.262 e. The average Bonchev–Trinajstić information content (AvgIpc) is 3.25. The van der Waals surface area contributed by atoms with Crippen LogP contribution in [0.4, 0.5) is 0 Å². The van der Waals surface area contributed by atoms with Crippen LogP contribution in [0.1, 0.15) is 39.8 Å². The monoisotopic (exact) mass is 481 g/mol. The van der Waals surface area contributed by atoms with Crippen molar-refractivity contribution in [3.8, 4) is 0 Å². The maximum absolute atomic E-state index is 12.8. The smallest absolute Gasteiger partial charge is 0.262 e. The summed E-state index contributed by atoms with van der Waals surface area (Å²) in [7, 11) is -3.63. The molecule has 0 bridgehead atoms. The first-order valence-electron chi connectivity index (χ1n) is 10.6. The zero-order valence-electron chi connectivity index (χ0n) is 19.3. The van der Waals surface area contributed by atoms with Gasteiger partial charge in [0.1, 0.15) is 6.10 Å². The molecule has 3 aromatic rings. The summed E-state index contributed by atoms with van der Waals surface area (Å²) in [6, 6.07) is 14.8. The molecule has 0 aliphatic heterocycles. The highest BCUT2D eigenvalue weighted by Gasteiger charge is 2.17. The van der Waals surface area contributed by atoms with Crippen molar-refractivity contribution in [1.82, 2.24) is 14.3 Å². The Morgan fingerprint density at radius 2 is 1.88 bits per heavy atom. The fourth-order valence-corrected chi connectivity index (χ4v) is 3.63. The molecule has 34 heavy (non-hydrogen) atoms. The van der Waals surface area contributed by atoms with Crippen LogP contribution < -0.4 is 4.72 Å². The summed E-state index contributed by atoms with van der Waals surface area (Å²) >= 11 is 0. The predicted molar refractivity (Wildman–Crippen MR) is 130 cm³/mol. The molecule has 0 radical (unpaired) electrons. The molecule has 0 saturated heterocycles. The first kappa shape index (κ1) is 25.1. The van der Waals surface area contributed by atoms with Crippen LogP contribution in [0.25, 0.3) is 6.08 Å². The number of aryl methyl sites for hydroxylation is 1. The lowest BCUT2D eigenvalue weighted by molar-refractivity contribution is -0.130. The molecule has 178 valence electrons. The summed E-state index contributed by atoms with van der Waals surface area (Å²) in [4.78, 5) is 28.9. The van der Waals surface area contributed by atoms with Gasteiger partial charge in [-0.25, -0.2) is 8.42 Å². The van der Waals surface area contributed by atoms with E-state index in [9.17, 15) is 18.0 Å². The Labute approximate surface area is 199 Å². The van der Waals surface area contributed by atoms with Gasteiger partial charge in [0.25, 0.3) is 5.91 Å². The van der Waals surface area contributed by atoms with Gasteiger partial charge in [-0.2, -0.15) is 0 Å². The number of pyridine rings is 1. The second-order valence-electron chi connectivity index (χ2n) is 7.93. The zero-order valence-corrected chi connectivity index (χ0v) is 20.1. The Bertz CT molecular complexity index is 1280. The molecule has 8 nitrogen and oxygen atoms in total. The van der Waals surface area contributed by atoms with Crippen LogP contribution in [0, 0.1) is 6.92 Å². The number of nitrogens with one attached hydrogen (secondary N) is 1. The van der Waals surface area contributed by atoms with E-state index in [1.165, 1.54) is 6.92 Å². The fourth-order valence-electron chi connectivity index (χ4n) is 3.10. The molecule has 0 fully saturated rings. The number of ketones is 1. The molecule has 1 amide bonds. The van der Waals surface area contributed by atoms with E-state index in [0.29, 0.717) is 17.8 Å². The third-order valence-electron chi connectivity index (χ3n) is 4.97. The molecule has 9 heteroatoms. The molecule has 2 aromatic heterocycles. The molecule has 1 aromatic carbocycles. The minimum absolute atomic E-state index is 0.0275. The quantitative estimate of drug-likeness (QED) is 0.446. The summed E-state index contributed by atoms with van der Waals surface area (Å²) in [5, 5.41) is 0. The average molecular weight is 482 g/mol. The third-order valence-corrected chi connectivity index (χ3v) is 5.54. The number of benzene rings is 1. The molecule has 0 aliphatic carbocycles. The lowest BCUT2D eigenvalue weighted by Crippen LogP contribution is -2.37. The van der Waals surface area contributed by atoms with E-state index in [1.807, 2.05) is 77.0 Å². The second kappa shape index (κ2) is 11.0. The van der Waals surface area contributed by atoms with Crippen LogP contribution in [0.15, 0.2) is 67.0 Å². The number of carbonyl (C=O) groups excluding carboxylic acids is 2. The van der Waals surface area contributed by atoms with Gasteiger partial charge in [-0.05, 0) is 43.7 Å². The maximum atomic E-state index is 12.8. The standard InChI is InChI=1S/C25H27N3O5S/c1-18-8-11-21(12-9-18)24(29)23-7-5-15-28(23)14-4-6-22-13-10-20(16-26-22)17-33-19(2)25(30)27-34(3,31)32/h4-13,15-16,19H,14,17H2,1-3H3,(H,27,30)/t19-/m0/s1. The van der Waals surface area contributed by atoms with Crippen molar-refractivity contribution in [3.05, 3.63) is 95.1 Å². The molecular weight excluding hydrogens is 454 g/mol. The Morgan fingerprint density at radius 3 is 2.53 bits per heavy atom. The first-order chi connectivity index (χ1) is 16.1. The Balaban J connectivity index is 1.55. The van der Waals surface area contributed by atoms with Crippen LogP contribution in [0.5, 0.6) is 0 Å². The van der Waals surface area contributed by atoms with Crippen molar-refractivity contribution < 1.29 is 22.7 Å². The van der Waals surface area contributed by atoms with E-state index in [2.05, 4.69) is 4.98 Å². The van der Waals surface area contributed by atoms with Crippen LogP contribution in [-0.2, 0) is 32.7 Å². The van der Waals surface area contributed by atoms with Crippen LogP contribution in [-0.4, -0.2) is 42.0 Å². The lowest BCUT2D eigenvalue weighted by atomic mass is 10.1. The summed E-state index contributed by atoms with van der Waals surface area (Å²) in [5.41, 5.74) is 3.84. The van der Waals surface area contributed by atoms with Crippen molar-refractivity contribution in [2.45, 2.75) is 33.1 Å². The van der Waals surface area contributed by atoms with E-state index in [0.717, 1.165) is 23.1 Å². The van der Waals surface area contributed by atoms with Crippen LogP contribution in [0.2, 0.25) is 0 Å². The van der Waals surface area contributed by atoms with E-state index in [-0.39, 0.29) is 12.4 Å². The molecule has 1 atom stereocenters. The number of nitrogens with zero attached hydrogens (tertiary/aromatic N) is 2. The number of rotatable bonds is 10. The molecule has 0 aliphatic rings. The Hall–Kier alpha value is -3.56. The molecule has 0 saturated carbocycles. The number of amides is 1. The highest BCUT2D eigenvalue weighted by atomic mass is 32.2. The zero-order chi connectivity index (χ0) is 24.7. The van der Waals surface area contributed by atoms with Crippen LogP contribution in [0.3, 0.4) is 0 Å². The SMILES string of the molecule is Cc1ccc(C(=O)c2cccn2CC=Cc2ccc(CO[C@@H](C)C(=O)NS(C)(=O)=O)cn2)cc1. The Kier molecular flexibility index (Phi) is 8.14. The van der Waals surface area contributed by atoms with E-state index >= 15 is 0 Å². The van der Waals surface area contributed by atoms with Gasteiger partial charge in [0.15, 0.2) is 0 Å². The van der Waals surface area contributed by atoms with Gasteiger partial charge in [-0.15, -0.1) is 0 Å². The van der Waals surface area contributed by atoms with Crippen molar-refractivity contribution in [2.24, 2.45) is 0 Å². The van der Waals surface area contributed by atoms with Gasteiger partial charge >= 0.3 is 0 Å². The van der Waals surface area contributed by atoms with Crippen molar-refractivity contribution in [1.29, 1.82) is 0 Å². The van der Waals surface area contributed by atoms with Gasteiger partial charge in [0.05, 0.1) is 24.3 Å². The van der Waals surface area contributed by atoms with Gasteiger partial charge in [0.2, 0.25) is 15.8 Å². The third kappa shape index (κ3) is 7.23. The largest absolute Gasteiger partial charge is 0.364 e. The molecule has 0 spiro atoms. The summed E-state index contributed by atoms with van der Waals surface area (Å²) in [6.45, 7) is 4.09. The molecule has 1 N–H and O–H groups in total. The van der Waals surface area contributed by atoms with E-state index in [4.69, 9.17) is 4.74 Å².